The minimum Gasteiger partial charge on any atom is -0.463 e. The Bertz CT molecular complexity index is 1040. The minimum atomic E-state index is -1.31. The SMILES string of the molecule is O=S1COc2nc(N3CC4CC3CC4c3ncc(Cl)cn3)nc(NC3(CO)CCC3)c21. The summed E-state index contributed by atoms with van der Waals surface area (Å²) in [4.78, 5) is 21.0. The number of rotatable bonds is 5. The van der Waals surface area contributed by atoms with E-state index in [0.29, 0.717) is 45.4 Å². The van der Waals surface area contributed by atoms with Crippen molar-refractivity contribution in [2.24, 2.45) is 5.92 Å². The molecule has 11 heteroatoms. The Balaban J connectivity index is 1.28. The van der Waals surface area contributed by atoms with Crippen molar-refractivity contribution >= 4 is 34.2 Å². The number of aliphatic hydroxyl groups is 1. The van der Waals surface area contributed by atoms with E-state index in [4.69, 9.17) is 21.3 Å². The van der Waals surface area contributed by atoms with Gasteiger partial charge in [-0.1, -0.05) is 11.6 Å². The highest BCUT2D eigenvalue weighted by Crippen LogP contribution is 2.48. The molecule has 3 fully saturated rings. The third-order valence-electron chi connectivity index (χ3n) is 7.12. The molecule has 31 heavy (non-hydrogen) atoms. The Morgan fingerprint density at radius 2 is 2.10 bits per heavy atom. The van der Waals surface area contributed by atoms with Crippen LogP contribution in [0.3, 0.4) is 0 Å². The fourth-order valence-corrected chi connectivity index (χ4v) is 6.35. The van der Waals surface area contributed by atoms with Crippen LogP contribution in [-0.2, 0) is 10.8 Å². The summed E-state index contributed by atoms with van der Waals surface area (Å²) >= 11 is 5.94. The quantitative estimate of drug-likeness (QED) is 0.689. The van der Waals surface area contributed by atoms with Gasteiger partial charge in [0.1, 0.15) is 21.5 Å². The van der Waals surface area contributed by atoms with E-state index in [-0.39, 0.29) is 12.5 Å². The van der Waals surface area contributed by atoms with E-state index >= 15 is 0 Å². The lowest BCUT2D eigenvalue weighted by Gasteiger charge is -2.41. The standard InChI is InChI=1S/C20H23ClN6O3S/c21-12-6-22-16(23-7-12)14-5-13-4-11(14)8-27(13)19-24-17(26-20(9-28)2-1-3-20)15-18(25-19)30-10-31(15)29/h6-7,11,13-14,28H,1-5,8-10H2,(H,24,25,26). The maximum absolute atomic E-state index is 12.5. The van der Waals surface area contributed by atoms with Crippen LogP contribution in [0.4, 0.5) is 11.8 Å². The number of aliphatic hydroxyl groups excluding tert-OH is 1. The summed E-state index contributed by atoms with van der Waals surface area (Å²) < 4.78 is 18.1. The summed E-state index contributed by atoms with van der Waals surface area (Å²) in [5, 5.41) is 13.8. The molecule has 1 saturated heterocycles. The van der Waals surface area contributed by atoms with Crippen molar-refractivity contribution in [2.45, 2.75) is 54.5 Å². The number of aromatic nitrogens is 4. The molecule has 4 aliphatic rings. The van der Waals surface area contributed by atoms with Gasteiger partial charge in [-0.05, 0) is 38.0 Å². The van der Waals surface area contributed by atoms with Crippen molar-refractivity contribution in [2.75, 3.05) is 29.3 Å². The summed E-state index contributed by atoms with van der Waals surface area (Å²) in [6.45, 7) is 0.833. The first-order chi connectivity index (χ1) is 15.0. The maximum atomic E-state index is 12.5. The van der Waals surface area contributed by atoms with Crippen molar-refractivity contribution in [3.8, 4) is 5.88 Å². The van der Waals surface area contributed by atoms with Gasteiger partial charge in [0.25, 0.3) is 0 Å². The number of hydrogen-bond donors (Lipinski definition) is 2. The van der Waals surface area contributed by atoms with Crippen LogP contribution in [-0.4, -0.2) is 59.9 Å². The summed E-state index contributed by atoms with van der Waals surface area (Å²) in [6.07, 6.45) is 8.06. The predicted octanol–water partition coefficient (Wildman–Crippen LogP) is 2.09. The predicted molar refractivity (Wildman–Crippen MR) is 115 cm³/mol. The molecule has 4 atom stereocenters. The summed E-state index contributed by atoms with van der Waals surface area (Å²) in [5.41, 5.74) is -0.396. The first-order valence-corrected chi connectivity index (χ1v) is 12.3. The molecular weight excluding hydrogens is 440 g/mol. The van der Waals surface area contributed by atoms with Crippen LogP contribution in [0.15, 0.2) is 17.3 Å². The molecule has 6 rings (SSSR count). The number of halogens is 1. The van der Waals surface area contributed by atoms with E-state index in [1.165, 1.54) is 0 Å². The first kappa shape index (κ1) is 19.6. The van der Waals surface area contributed by atoms with E-state index in [9.17, 15) is 9.32 Å². The van der Waals surface area contributed by atoms with Crippen LogP contribution in [0.1, 0.15) is 43.8 Å². The van der Waals surface area contributed by atoms with Crippen molar-refractivity contribution in [1.82, 2.24) is 19.9 Å². The number of fused-ring (bicyclic) bond motifs is 3. The minimum absolute atomic E-state index is 0.0196. The van der Waals surface area contributed by atoms with Gasteiger partial charge in [0, 0.05) is 30.9 Å². The summed E-state index contributed by atoms with van der Waals surface area (Å²) in [5.74, 6) is 3.18. The van der Waals surface area contributed by atoms with Gasteiger partial charge in [0.15, 0.2) is 11.8 Å². The lowest BCUT2D eigenvalue weighted by molar-refractivity contribution is 0.143. The number of piperidine rings is 1. The first-order valence-electron chi connectivity index (χ1n) is 10.6. The molecule has 0 radical (unpaired) electrons. The van der Waals surface area contributed by atoms with Gasteiger partial charge in [-0.3, -0.25) is 4.21 Å². The number of ether oxygens (including phenoxy) is 1. The third-order valence-corrected chi connectivity index (χ3v) is 8.47. The van der Waals surface area contributed by atoms with E-state index in [1.807, 2.05) is 0 Å². The number of hydrogen-bond acceptors (Lipinski definition) is 9. The molecule has 4 heterocycles. The zero-order chi connectivity index (χ0) is 21.2. The van der Waals surface area contributed by atoms with Crippen LogP contribution in [0.25, 0.3) is 0 Å². The molecule has 4 unspecified atom stereocenters. The molecule has 2 aliphatic carbocycles. The van der Waals surface area contributed by atoms with Crippen molar-refractivity contribution < 1.29 is 14.1 Å². The summed E-state index contributed by atoms with van der Waals surface area (Å²) in [6, 6.07) is 0.294. The monoisotopic (exact) mass is 462 g/mol. The fraction of sp³-hybridized carbons (Fsp3) is 0.600. The van der Waals surface area contributed by atoms with Crippen LogP contribution in [0.2, 0.25) is 5.02 Å². The van der Waals surface area contributed by atoms with Crippen molar-refractivity contribution in [1.29, 1.82) is 0 Å². The van der Waals surface area contributed by atoms with Crippen LogP contribution < -0.4 is 15.0 Å². The van der Waals surface area contributed by atoms with E-state index in [2.05, 4.69) is 25.2 Å². The normalized spacial score (nSPS) is 30.1. The number of anilines is 2. The Labute approximate surface area is 187 Å². The van der Waals surface area contributed by atoms with Crippen LogP contribution >= 0.6 is 11.6 Å². The second-order valence-electron chi connectivity index (χ2n) is 8.93. The molecule has 164 valence electrons. The second kappa shape index (κ2) is 7.25. The number of nitrogens with one attached hydrogen (secondary N) is 1. The lowest BCUT2D eigenvalue weighted by atomic mass is 9.77. The molecule has 0 amide bonds. The van der Waals surface area contributed by atoms with Crippen LogP contribution in [0.5, 0.6) is 5.88 Å². The van der Waals surface area contributed by atoms with Gasteiger partial charge in [-0.2, -0.15) is 9.97 Å². The van der Waals surface area contributed by atoms with Crippen LogP contribution in [0, 0.1) is 5.92 Å². The maximum Gasteiger partial charge on any atom is 0.238 e. The van der Waals surface area contributed by atoms with Crippen molar-refractivity contribution in [3.05, 3.63) is 23.2 Å². The van der Waals surface area contributed by atoms with E-state index < -0.39 is 16.3 Å². The summed E-state index contributed by atoms with van der Waals surface area (Å²) in [7, 11) is -1.31. The van der Waals surface area contributed by atoms with Gasteiger partial charge >= 0.3 is 0 Å². The average molecular weight is 463 g/mol. The lowest BCUT2D eigenvalue weighted by Crippen LogP contribution is -2.48. The average Bonchev–Trinajstić information content (AvgIpc) is 3.45. The van der Waals surface area contributed by atoms with Gasteiger partial charge in [-0.15, -0.1) is 0 Å². The smallest absolute Gasteiger partial charge is 0.238 e. The topological polar surface area (TPSA) is 113 Å². The third kappa shape index (κ3) is 3.18. The largest absolute Gasteiger partial charge is 0.463 e. The number of nitrogens with zero attached hydrogens (tertiary/aromatic N) is 5. The zero-order valence-electron chi connectivity index (χ0n) is 16.8. The molecule has 2 aliphatic heterocycles. The van der Waals surface area contributed by atoms with Gasteiger partial charge in [0.2, 0.25) is 11.8 Å². The molecule has 0 aromatic carbocycles. The van der Waals surface area contributed by atoms with Gasteiger partial charge in [0.05, 0.1) is 17.2 Å². The fourth-order valence-electron chi connectivity index (χ4n) is 5.31. The second-order valence-corrected chi connectivity index (χ2v) is 10.7. The molecule has 2 aromatic heterocycles. The Morgan fingerprint density at radius 1 is 1.29 bits per heavy atom. The highest BCUT2D eigenvalue weighted by molar-refractivity contribution is 7.85. The molecule has 9 nitrogen and oxygen atoms in total. The van der Waals surface area contributed by atoms with Crippen molar-refractivity contribution in [3.63, 3.8) is 0 Å². The highest BCUT2D eigenvalue weighted by Gasteiger charge is 2.48. The van der Waals surface area contributed by atoms with E-state index in [1.54, 1.807) is 12.4 Å². The zero-order valence-corrected chi connectivity index (χ0v) is 18.4. The molecule has 2 saturated carbocycles. The Morgan fingerprint density at radius 3 is 2.74 bits per heavy atom. The Hall–Kier alpha value is -2.04. The highest BCUT2D eigenvalue weighted by atomic mass is 35.5. The molecule has 2 N–H and O–H groups in total. The van der Waals surface area contributed by atoms with Gasteiger partial charge in [-0.25, -0.2) is 9.97 Å². The molecule has 2 bridgehead atoms. The molecule has 0 spiro atoms. The van der Waals surface area contributed by atoms with Gasteiger partial charge < -0.3 is 20.1 Å². The molecular formula is C20H23ClN6O3S. The molecule has 2 aromatic rings. The Kier molecular flexibility index (Phi) is 4.59. The van der Waals surface area contributed by atoms with E-state index in [0.717, 1.165) is 44.5 Å².